The van der Waals surface area contributed by atoms with Gasteiger partial charge in [-0.25, -0.2) is 19.6 Å². The Balaban J connectivity index is 1.39. The molecule has 0 amide bonds. The number of aromatic nitrogens is 2. The molecule has 2 aromatic heterocycles. The van der Waals surface area contributed by atoms with Crippen LogP contribution in [0.25, 0.3) is 67.4 Å². The average molecular weight is 883 g/mol. The van der Waals surface area contributed by atoms with E-state index in [9.17, 15) is 9.59 Å². The zero-order valence-electron chi connectivity index (χ0n) is 38.6. The molecule has 0 aliphatic rings. The van der Waals surface area contributed by atoms with E-state index in [2.05, 4.69) is 13.8 Å². The number of oxazole rings is 2. The van der Waals surface area contributed by atoms with Crippen molar-refractivity contribution in [2.45, 2.75) is 112 Å². The number of carbonyl (C=O) groups is 2. The fourth-order valence-electron chi connectivity index (χ4n) is 7.10. The molecule has 0 fully saturated rings. The fraction of sp³-hybridized carbons (Fsp3) is 0.358. The molecule has 0 spiro atoms. The van der Waals surface area contributed by atoms with E-state index in [1.165, 1.54) is 0 Å². The summed E-state index contributed by atoms with van der Waals surface area (Å²) in [7, 11) is 0. The predicted molar refractivity (Wildman–Crippen MR) is 252 cm³/mol. The normalized spacial score (nSPS) is 11.8. The molecule has 5 aromatic carbocycles. The Kier molecular flexibility index (Phi) is 14.5. The van der Waals surface area contributed by atoms with Crippen molar-refractivity contribution >= 4 is 34.5 Å². The maximum atomic E-state index is 13.1. The molecular weight excluding hydrogens is 825 g/mol. The lowest BCUT2D eigenvalue weighted by Gasteiger charge is -2.21. The predicted octanol–water partition coefficient (Wildman–Crippen LogP) is 14.8. The minimum atomic E-state index is -0.856. The number of ether oxygens (including phenoxy) is 6. The van der Waals surface area contributed by atoms with Gasteiger partial charge in [0.1, 0.15) is 45.2 Å². The number of unbranched alkanes of at least 4 members (excludes halogenated alkanes) is 5. The summed E-state index contributed by atoms with van der Waals surface area (Å²) in [4.78, 5) is 35.7. The molecule has 340 valence electrons. The molecular formula is C53H58N2O10. The van der Waals surface area contributed by atoms with Crippen molar-refractivity contribution in [1.82, 2.24) is 9.97 Å². The van der Waals surface area contributed by atoms with Crippen LogP contribution in [0, 0.1) is 0 Å². The molecule has 0 N–H and O–H groups in total. The molecule has 0 saturated heterocycles. The van der Waals surface area contributed by atoms with Gasteiger partial charge in [-0.1, -0.05) is 82.3 Å². The van der Waals surface area contributed by atoms with Crippen LogP contribution in [-0.4, -0.2) is 46.7 Å². The lowest BCUT2D eigenvalue weighted by atomic mass is 9.95. The van der Waals surface area contributed by atoms with Gasteiger partial charge in [-0.15, -0.1) is 0 Å². The Morgan fingerprint density at radius 2 is 0.908 bits per heavy atom. The zero-order chi connectivity index (χ0) is 46.1. The minimum absolute atomic E-state index is 0.212. The van der Waals surface area contributed by atoms with Gasteiger partial charge in [0.25, 0.3) is 0 Å². The number of nitrogens with zero attached hydrogens (tertiary/aromatic N) is 2. The van der Waals surface area contributed by atoms with Gasteiger partial charge >= 0.3 is 12.3 Å². The third-order valence-corrected chi connectivity index (χ3v) is 10.1. The van der Waals surface area contributed by atoms with Gasteiger partial charge in [-0.05, 0) is 126 Å². The second-order valence-electron chi connectivity index (χ2n) is 17.8. The summed E-state index contributed by atoms with van der Waals surface area (Å²) in [6, 6.07) is 29.7. The first kappa shape index (κ1) is 46.2. The van der Waals surface area contributed by atoms with Crippen molar-refractivity contribution in [1.29, 1.82) is 0 Å². The fourth-order valence-corrected chi connectivity index (χ4v) is 7.10. The van der Waals surface area contributed by atoms with E-state index in [0.717, 1.165) is 67.2 Å². The third-order valence-electron chi connectivity index (χ3n) is 10.1. The van der Waals surface area contributed by atoms with Gasteiger partial charge in [0, 0.05) is 11.1 Å². The average Bonchev–Trinajstić information content (AvgIpc) is 3.89. The molecule has 2 heterocycles. The molecule has 12 heteroatoms. The van der Waals surface area contributed by atoms with Crippen molar-refractivity contribution in [3.63, 3.8) is 0 Å². The summed E-state index contributed by atoms with van der Waals surface area (Å²) in [6.45, 7) is 15.9. The molecule has 7 aromatic rings. The van der Waals surface area contributed by atoms with Crippen LogP contribution in [0.2, 0.25) is 0 Å². The molecule has 0 atom stereocenters. The van der Waals surface area contributed by atoms with Gasteiger partial charge < -0.3 is 37.3 Å². The smallest absolute Gasteiger partial charge is 0.493 e. The third kappa shape index (κ3) is 12.1. The summed E-state index contributed by atoms with van der Waals surface area (Å²) in [5.41, 5.74) is 4.74. The number of hydrogen-bond donors (Lipinski definition) is 0. The van der Waals surface area contributed by atoms with Crippen molar-refractivity contribution < 1.29 is 46.8 Å². The van der Waals surface area contributed by atoms with E-state index in [0.29, 0.717) is 58.0 Å². The Labute approximate surface area is 380 Å². The molecule has 12 nitrogen and oxygen atoms in total. The Hall–Kier alpha value is -6.82. The van der Waals surface area contributed by atoms with Crippen LogP contribution < -0.4 is 18.9 Å². The Bertz CT molecular complexity index is 2690. The van der Waals surface area contributed by atoms with Gasteiger partial charge in [-0.3, -0.25) is 0 Å². The number of carbonyl (C=O) groups excluding carboxylic acids is 2. The maximum absolute atomic E-state index is 13.1. The Morgan fingerprint density at radius 3 is 1.32 bits per heavy atom. The van der Waals surface area contributed by atoms with Gasteiger partial charge in [0.2, 0.25) is 11.8 Å². The van der Waals surface area contributed by atoms with Crippen molar-refractivity contribution in [2.75, 3.05) is 13.2 Å². The van der Waals surface area contributed by atoms with E-state index >= 15 is 0 Å². The minimum Gasteiger partial charge on any atom is -0.493 e. The van der Waals surface area contributed by atoms with Crippen LogP contribution >= 0.6 is 0 Å². The molecule has 0 aliphatic carbocycles. The summed E-state index contributed by atoms with van der Waals surface area (Å²) in [5.74, 6) is 2.15. The van der Waals surface area contributed by atoms with Crippen LogP contribution in [0.1, 0.15) is 100 Å². The van der Waals surface area contributed by atoms with Crippen LogP contribution in [0.3, 0.4) is 0 Å². The van der Waals surface area contributed by atoms with E-state index in [-0.39, 0.29) is 23.3 Å². The number of hydrogen-bond acceptors (Lipinski definition) is 12. The van der Waals surface area contributed by atoms with Crippen LogP contribution in [0.15, 0.2) is 106 Å². The molecule has 65 heavy (non-hydrogen) atoms. The monoisotopic (exact) mass is 882 g/mol. The molecule has 0 radical (unpaired) electrons. The van der Waals surface area contributed by atoms with Crippen molar-refractivity contribution in [3.05, 3.63) is 97.1 Å². The second kappa shape index (κ2) is 20.3. The largest absolute Gasteiger partial charge is 0.514 e. The first-order valence-electron chi connectivity index (χ1n) is 22.4. The first-order valence-corrected chi connectivity index (χ1v) is 22.4. The summed E-state index contributed by atoms with van der Waals surface area (Å²) in [6.07, 6.45) is 5.20. The van der Waals surface area contributed by atoms with E-state index in [1.807, 2.05) is 84.9 Å². The Morgan fingerprint density at radius 1 is 0.492 bits per heavy atom. The molecule has 0 bridgehead atoms. The van der Waals surface area contributed by atoms with Crippen molar-refractivity contribution in [3.8, 4) is 68.2 Å². The highest BCUT2D eigenvalue weighted by molar-refractivity contribution is 5.88. The number of para-hydroxylation sites is 4. The first-order chi connectivity index (χ1) is 31.2. The maximum Gasteiger partial charge on any atom is 0.514 e. The lowest BCUT2D eigenvalue weighted by Crippen LogP contribution is -2.26. The summed E-state index contributed by atoms with van der Waals surface area (Å²) < 4.78 is 48.6. The second-order valence-corrected chi connectivity index (χ2v) is 17.8. The zero-order valence-corrected chi connectivity index (χ0v) is 38.6. The highest BCUT2D eigenvalue weighted by Crippen LogP contribution is 2.46. The molecule has 0 unspecified atom stereocenters. The highest BCUT2D eigenvalue weighted by atomic mass is 16.7. The topological polar surface area (TPSA) is 142 Å². The van der Waals surface area contributed by atoms with Crippen LogP contribution in [0.5, 0.6) is 23.0 Å². The summed E-state index contributed by atoms with van der Waals surface area (Å²) in [5, 5.41) is 0. The highest BCUT2D eigenvalue weighted by Gasteiger charge is 2.26. The van der Waals surface area contributed by atoms with E-state index < -0.39 is 23.5 Å². The van der Waals surface area contributed by atoms with Crippen LogP contribution in [0.4, 0.5) is 9.59 Å². The van der Waals surface area contributed by atoms with Crippen LogP contribution in [-0.2, 0) is 9.47 Å². The lowest BCUT2D eigenvalue weighted by molar-refractivity contribution is 0.0194. The van der Waals surface area contributed by atoms with E-state index in [4.69, 9.17) is 47.2 Å². The van der Waals surface area contributed by atoms with E-state index in [1.54, 1.807) is 53.7 Å². The summed E-state index contributed by atoms with van der Waals surface area (Å²) >= 11 is 0. The SMILES string of the molecule is CCCCCCOc1cc(-c2ccc(OC(=O)OC(C)(C)C)c(-c3nc4ccccc4o3)c2)c(OCCCCC)cc1-c1ccc(OC(=O)OC(C)(C)C)c(-c2nc3ccccc3o2)c1. The van der Waals surface area contributed by atoms with Crippen molar-refractivity contribution in [2.24, 2.45) is 0 Å². The molecule has 0 saturated carbocycles. The quantitative estimate of drug-likeness (QED) is 0.0488. The standard InChI is InChI=1S/C53H58N2O10/c1-9-11-13-19-29-59-47-33-36(34-24-26-42(62-50(56)64-52(3,4)5)38(30-34)48-54-40-20-14-16-22-44(40)60-48)46(58-28-18-12-10-2)32-37(47)35-25-27-43(63-51(57)65-53(6,7)8)39(31-35)49-55-41-21-15-17-23-45(41)61-49/h14-17,20-27,30-33H,9-13,18-19,28-29H2,1-8H3. The molecule has 0 aliphatic heterocycles. The van der Waals surface area contributed by atoms with Gasteiger partial charge in [0.15, 0.2) is 11.2 Å². The number of fused-ring (bicyclic) bond motifs is 2. The van der Waals surface area contributed by atoms with Gasteiger partial charge in [0.05, 0.1) is 24.3 Å². The number of rotatable bonds is 17. The van der Waals surface area contributed by atoms with Gasteiger partial charge in [-0.2, -0.15) is 0 Å². The molecule has 7 rings (SSSR count). The number of benzene rings is 5.